The zero-order valence-electron chi connectivity index (χ0n) is 21.7. The van der Waals surface area contributed by atoms with E-state index in [4.69, 9.17) is 9.47 Å². The molecule has 0 aliphatic carbocycles. The summed E-state index contributed by atoms with van der Waals surface area (Å²) in [5, 5.41) is 10.4. The molecular formula is C29H36N2O6. The molecular weight excluding hydrogens is 472 g/mol. The van der Waals surface area contributed by atoms with E-state index in [0.717, 1.165) is 5.56 Å². The molecule has 6 atom stereocenters. The van der Waals surface area contributed by atoms with Crippen LogP contribution in [-0.4, -0.2) is 75.7 Å². The third kappa shape index (κ3) is 4.01. The molecule has 4 aliphatic rings. The summed E-state index contributed by atoms with van der Waals surface area (Å²) >= 11 is 0. The van der Waals surface area contributed by atoms with E-state index in [2.05, 4.69) is 0 Å². The SMILES string of the molecule is CC[C@]12C=CCOC(=O)[C@H]1[C@H]1C(=O)N([C@@H](CO)CC(C)C)C3C(=O)N(Cc4ccccc4)CC=C[C@@]31O2. The van der Waals surface area contributed by atoms with Crippen LogP contribution in [0.4, 0.5) is 0 Å². The summed E-state index contributed by atoms with van der Waals surface area (Å²) in [5.41, 5.74) is -1.42. The minimum Gasteiger partial charge on any atom is -0.461 e. The van der Waals surface area contributed by atoms with E-state index in [1.165, 1.54) is 4.90 Å². The summed E-state index contributed by atoms with van der Waals surface area (Å²) in [6, 6.07) is 8.13. The van der Waals surface area contributed by atoms with Crippen molar-refractivity contribution in [1.82, 2.24) is 9.80 Å². The molecule has 0 aromatic heterocycles. The van der Waals surface area contributed by atoms with Crippen molar-refractivity contribution in [3.8, 4) is 0 Å². The number of ether oxygens (including phenoxy) is 2. The molecule has 0 radical (unpaired) electrons. The molecule has 8 nitrogen and oxygen atoms in total. The average Bonchev–Trinajstić information content (AvgIpc) is 3.17. The van der Waals surface area contributed by atoms with Crippen LogP contribution in [-0.2, 0) is 30.4 Å². The molecule has 0 saturated carbocycles. The van der Waals surface area contributed by atoms with Gasteiger partial charge in [0.1, 0.15) is 29.8 Å². The van der Waals surface area contributed by atoms with Crippen molar-refractivity contribution in [2.24, 2.45) is 17.8 Å². The molecule has 2 saturated heterocycles. The Labute approximate surface area is 217 Å². The Bertz CT molecular complexity index is 1120. The largest absolute Gasteiger partial charge is 0.461 e. The predicted molar refractivity (Wildman–Crippen MR) is 136 cm³/mol. The molecule has 1 N–H and O–H groups in total. The van der Waals surface area contributed by atoms with Crippen LogP contribution in [0.25, 0.3) is 0 Å². The number of fused-ring (bicyclic) bond motifs is 2. The van der Waals surface area contributed by atoms with Crippen LogP contribution in [0.2, 0.25) is 0 Å². The summed E-state index contributed by atoms with van der Waals surface area (Å²) in [7, 11) is 0. The number of benzene rings is 1. The molecule has 8 heteroatoms. The maximum Gasteiger partial charge on any atom is 0.313 e. The number of cyclic esters (lactones) is 1. The van der Waals surface area contributed by atoms with Gasteiger partial charge in [0.05, 0.1) is 18.6 Å². The van der Waals surface area contributed by atoms with Gasteiger partial charge in [-0.3, -0.25) is 14.4 Å². The summed E-state index contributed by atoms with van der Waals surface area (Å²) in [6.45, 7) is 6.51. The number of aliphatic hydroxyl groups is 1. The number of esters is 1. The number of amides is 2. The third-order valence-electron chi connectivity index (χ3n) is 8.28. The van der Waals surface area contributed by atoms with Gasteiger partial charge in [0.25, 0.3) is 0 Å². The van der Waals surface area contributed by atoms with Crippen molar-refractivity contribution in [2.45, 2.75) is 63.4 Å². The van der Waals surface area contributed by atoms with E-state index in [-0.39, 0.29) is 30.9 Å². The molecule has 4 aliphatic heterocycles. The van der Waals surface area contributed by atoms with Crippen LogP contribution in [0.5, 0.6) is 0 Å². The van der Waals surface area contributed by atoms with Gasteiger partial charge in [-0.15, -0.1) is 0 Å². The Hall–Kier alpha value is -2.97. The monoisotopic (exact) mass is 508 g/mol. The quantitative estimate of drug-likeness (QED) is 0.449. The first-order valence-corrected chi connectivity index (χ1v) is 13.3. The zero-order chi connectivity index (χ0) is 26.4. The second kappa shape index (κ2) is 9.72. The normalized spacial score (nSPS) is 33.6. The van der Waals surface area contributed by atoms with Gasteiger partial charge in [-0.2, -0.15) is 0 Å². The van der Waals surface area contributed by atoms with E-state index in [0.29, 0.717) is 25.9 Å². The van der Waals surface area contributed by atoms with E-state index in [1.807, 2.05) is 69.3 Å². The second-order valence-electron chi connectivity index (χ2n) is 11.0. The Balaban J connectivity index is 1.64. The van der Waals surface area contributed by atoms with Gasteiger partial charge in [0, 0.05) is 13.1 Å². The minimum absolute atomic E-state index is 0.119. The minimum atomic E-state index is -1.34. The number of hydrogen-bond acceptors (Lipinski definition) is 6. The number of nitrogens with zero attached hydrogens (tertiary/aromatic N) is 2. The van der Waals surface area contributed by atoms with Crippen molar-refractivity contribution < 1.29 is 29.0 Å². The number of hydrogen-bond donors (Lipinski definition) is 1. The average molecular weight is 509 g/mol. The molecule has 0 bridgehead atoms. The maximum atomic E-state index is 14.4. The Morgan fingerprint density at radius 1 is 1.05 bits per heavy atom. The van der Waals surface area contributed by atoms with Gasteiger partial charge in [0.2, 0.25) is 11.8 Å². The van der Waals surface area contributed by atoms with Gasteiger partial charge in [0.15, 0.2) is 0 Å². The van der Waals surface area contributed by atoms with E-state index >= 15 is 0 Å². The molecule has 5 rings (SSSR count). The number of aliphatic hydroxyl groups excluding tert-OH is 1. The fourth-order valence-corrected chi connectivity index (χ4v) is 6.74. The predicted octanol–water partition coefficient (Wildman–Crippen LogP) is 2.47. The summed E-state index contributed by atoms with van der Waals surface area (Å²) < 4.78 is 12.3. The Morgan fingerprint density at radius 2 is 1.81 bits per heavy atom. The van der Waals surface area contributed by atoms with E-state index in [9.17, 15) is 19.5 Å². The second-order valence-corrected chi connectivity index (χ2v) is 11.0. The smallest absolute Gasteiger partial charge is 0.313 e. The molecule has 4 heterocycles. The maximum absolute atomic E-state index is 14.4. The van der Waals surface area contributed by atoms with Crippen LogP contribution < -0.4 is 0 Å². The van der Waals surface area contributed by atoms with Crippen LogP contribution >= 0.6 is 0 Å². The molecule has 198 valence electrons. The standard InChI is InChI=1S/C29H36N2O6/c1-4-28-12-9-15-36-27(35)23(28)22-25(33)31(21(18-32)16-19(2)3)24-26(34)30(14-8-13-29(22,24)37-28)17-20-10-6-5-7-11-20/h5-13,19,21-24,32H,4,14-18H2,1-3H3/t21-,22+,23-,24?,28+,29+/m1/s1. The lowest BCUT2D eigenvalue weighted by Gasteiger charge is -2.41. The molecule has 1 aromatic rings. The summed E-state index contributed by atoms with van der Waals surface area (Å²) in [5.74, 6) is -2.69. The molecule has 1 spiro atoms. The lowest BCUT2D eigenvalue weighted by Crippen LogP contribution is -2.59. The molecule has 37 heavy (non-hydrogen) atoms. The highest BCUT2D eigenvalue weighted by Crippen LogP contribution is 2.58. The highest BCUT2D eigenvalue weighted by molar-refractivity contribution is 5.99. The Morgan fingerprint density at radius 3 is 2.49 bits per heavy atom. The van der Waals surface area contributed by atoms with Crippen LogP contribution in [0, 0.1) is 17.8 Å². The highest BCUT2D eigenvalue weighted by Gasteiger charge is 2.76. The summed E-state index contributed by atoms with van der Waals surface area (Å²) in [6.07, 6.45) is 8.28. The van der Waals surface area contributed by atoms with Crippen molar-refractivity contribution in [2.75, 3.05) is 19.8 Å². The van der Waals surface area contributed by atoms with Crippen molar-refractivity contribution >= 4 is 17.8 Å². The van der Waals surface area contributed by atoms with Gasteiger partial charge >= 0.3 is 5.97 Å². The number of carbonyl (C=O) groups is 3. The van der Waals surface area contributed by atoms with Crippen LogP contribution in [0.1, 0.15) is 39.2 Å². The van der Waals surface area contributed by atoms with E-state index in [1.54, 1.807) is 11.0 Å². The topological polar surface area (TPSA) is 96.4 Å². The van der Waals surface area contributed by atoms with Gasteiger partial charge in [-0.05, 0) is 30.4 Å². The number of rotatable bonds is 7. The fraction of sp³-hybridized carbons (Fsp3) is 0.552. The molecule has 1 aromatic carbocycles. The zero-order valence-corrected chi connectivity index (χ0v) is 21.7. The van der Waals surface area contributed by atoms with E-state index < -0.39 is 41.1 Å². The van der Waals surface area contributed by atoms with Gasteiger partial charge < -0.3 is 24.4 Å². The van der Waals surface area contributed by atoms with Gasteiger partial charge in [-0.1, -0.05) is 69.3 Å². The van der Waals surface area contributed by atoms with Crippen LogP contribution in [0.3, 0.4) is 0 Å². The van der Waals surface area contributed by atoms with Crippen LogP contribution in [0.15, 0.2) is 54.6 Å². The first-order valence-electron chi connectivity index (χ1n) is 13.3. The Kier molecular flexibility index (Phi) is 6.75. The van der Waals surface area contributed by atoms with Crippen molar-refractivity contribution in [3.05, 3.63) is 60.2 Å². The van der Waals surface area contributed by atoms with Crippen molar-refractivity contribution in [3.63, 3.8) is 0 Å². The molecule has 2 amide bonds. The summed E-state index contributed by atoms with van der Waals surface area (Å²) in [4.78, 5) is 45.3. The fourth-order valence-electron chi connectivity index (χ4n) is 6.74. The lowest BCUT2D eigenvalue weighted by molar-refractivity contribution is -0.161. The first-order chi connectivity index (χ1) is 17.8. The number of carbonyl (C=O) groups excluding carboxylic acids is 3. The number of likely N-dealkylation sites (tertiary alicyclic amines) is 1. The third-order valence-corrected chi connectivity index (χ3v) is 8.28. The van der Waals surface area contributed by atoms with Crippen molar-refractivity contribution in [1.29, 1.82) is 0 Å². The van der Waals surface area contributed by atoms with Gasteiger partial charge in [-0.25, -0.2) is 0 Å². The first kappa shape index (κ1) is 25.7. The molecule has 2 fully saturated rings. The lowest BCUT2D eigenvalue weighted by atomic mass is 9.73. The molecule has 1 unspecified atom stereocenters. The highest BCUT2D eigenvalue weighted by atomic mass is 16.6.